The van der Waals surface area contributed by atoms with E-state index in [0.29, 0.717) is 25.3 Å². The lowest BCUT2D eigenvalue weighted by molar-refractivity contribution is -0.139. The molecule has 0 N–H and O–H groups in total. The van der Waals surface area contributed by atoms with Gasteiger partial charge in [0.05, 0.1) is 13.2 Å². The molecule has 1 saturated heterocycles. The highest BCUT2D eigenvalue weighted by Crippen LogP contribution is 2.24. The smallest absolute Gasteiger partial charge is 0.242 e. The summed E-state index contributed by atoms with van der Waals surface area (Å²) in [7, 11) is 0. The van der Waals surface area contributed by atoms with E-state index in [1.807, 2.05) is 64.1 Å². The van der Waals surface area contributed by atoms with Crippen molar-refractivity contribution in [3.05, 3.63) is 71.9 Å². The highest BCUT2D eigenvalue weighted by atomic mass is 16.5. The first kappa shape index (κ1) is 17.5. The largest absolute Gasteiger partial charge is 0.370 e. The van der Waals surface area contributed by atoms with Crippen LogP contribution < -0.4 is 0 Å². The molecule has 1 aliphatic rings. The number of amides is 1. The first-order valence-corrected chi connectivity index (χ1v) is 9.16. The van der Waals surface area contributed by atoms with Gasteiger partial charge >= 0.3 is 0 Å². The molecule has 0 radical (unpaired) electrons. The Labute approximate surface area is 158 Å². The summed E-state index contributed by atoms with van der Waals surface area (Å²) in [5.74, 6) is 0.0444. The van der Waals surface area contributed by atoms with E-state index in [0.717, 1.165) is 16.5 Å². The molecule has 138 valence electrons. The Balaban J connectivity index is 1.54. The van der Waals surface area contributed by atoms with Crippen LogP contribution in [0.5, 0.6) is 0 Å². The van der Waals surface area contributed by atoms with E-state index in [1.54, 1.807) is 13.1 Å². The number of morpholine rings is 1. The molecular weight excluding hydrogens is 340 g/mol. The van der Waals surface area contributed by atoms with E-state index in [4.69, 9.17) is 4.74 Å². The van der Waals surface area contributed by atoms with Crippen LogP contribution in [-0.4, -0.2) is 40.9 Å². The molecule has 3 aromatic rings. The molecule has 0 bridgehead atoms. The zero-order valence-corrected chi connectivity index (χ0v) is 15.3. The molecule has 0 aliphatic carbocycles. The predicted octanol–water partition coefficient (Wildman–Crippen LogP) is 3.44. The van der Waals surface area contributed by atoms with Crippen LogP contribution in [0.1, 0.15) is 28.9 Å². The van der Waals surface area contributed by atoms with Crippen LogP contribution in [0.25, 0.3) is 10.9 Å². The topological polar surface area (TPSA) is 51.5 Å². The van der Waals surface area contributed by atoms with Crippen molar-refractivity contribution in [1.29, 1.82) is 0 Å². The Morgan fingerprint density at radius 3 is 2.59 bits per heavy atom. The molecule has 4 rings (SSSR count). The minimum atomic E-state index is -0.0990. The molecule has 0 spiro atoms. The molecule has 1 aliphatic heterocycles. The third-order valence-corrected chi connectivity index (χ3v) is 5.06. The van der Waals surface area contributed by atoms with Crippen molar-refractivity contribution in [3.63, 3.8) is 0 Å². The first-order valence-electron chi connectivity index (χ1n) is 9.16. The molecule has 0 saturated carbocycles. The van der Waals surface area contributed by atoms with Crippen molar-refractivity contribution < 1.29 is 14.3 Å². The lowest BCUT2D eigenvalue weighted by Gasteiger charge is -2.33. The van der Waals surface area contributed by atoms with Crippen LogP contribution in [0, 0.1) is 0 Å². The molecule has 5 heteroatoms. The lowest BCUT2D eigenvalue weighted by atomic mass is 10.1. The second kappa shape index (κ2) is 7.37. The standard InChI is InChI=1S/C22H22N2O3/c1-16(25)19-13-24(20-10-6-5-9-18(19)20)15-22(26)23-11-12-27-21(14-23)17-7-3-2-4-8-17/h2-10,13,21H,11-12,14-15H2,1H3/t21-/m1/s1. The van der Waals surface area contributed by atoms with Gasteiger partial charge in [0.15, 0.2) is 5.78 Å². The second-order valence-corrected chi connectivity index (χ2v) is 6.85. The molecule has 1 fully saturated rings. The quantitative estimate of drug-likeness (QED) is 0.668. The van der Waals surface area contributed by atoms with E-state index in [9.17, 15) is 9.59 Å². The fraction of sp³-hybridized carbons (Fsp3) is 0.273. The Bertz CT molecular complexity index is 978. The summed E-state index contributed by atoms with van der Waals surface area (Å²) in [4.78, 5) is 26.7. The third-order valence-electron chi connectivity index (χ3n) is 5.06. The monoisotopic (exact) mass is 362 g/mol. The minimum absolute atomic E-state index is 0.00733. The maximum Gasteiger partial charge on any atom is 0.242 e. The van der Waals surface area contributed by atoms with Crippen LogP contribution in [0.3, 0.4) is 0 Å². The van der Waals surface area contributed by atoms with Crippen LogP contribution in [0.2, 0.25) is 0 Å². The summed E-state index contributed by atoms with van der Waals surface area (Å²) in [6, 6.07) is 17.7. The number of carbonyl (C=O) groups is 2. The molecule has 2 heterocycles. The van der Waals surface area contributed by atoms with E-state index in [1.165, 1.54) is 0 Å². The summed E-state index contributed by atoms with van der Waals surface area (Å²) in [5, 5.41) is 0.891. The normalized spacial score (nSPS) is 17.2. The number of aromatic nitrogens is 1. The van der Waals surface area contributed by atoms with E-state index >= 15 is 0 Å². The summed E-state index contributed by atoms with van der Waals surface area (Å²) in [5.41, 5.74) is 2.65. The van der Waals surface area contributed by atoms with Gasteiger partial charge in [0.1, 0.15) is 12.6 Å². The zero-order chi connectivity index (χ0) is 18.8. The van der Waals surface area contributed by atoms with Gasteiger partial charge in [-0.15, -0.1) is 0 Å². The van der Waals surface area contributed by atoms with Crippen molar-refractivity contribution in [3.8, 4) is 0 Å². The number of carbonyl (C=O) groups excluding carboxylic acids is 2. The molecular formula is C22H22N2O3. The average Bonchev–Trinajstić information content (AvgIpc) is 3.08. The highest BCUT2D eigenvalue weighted by molar-refractivity contribution is 6.07. The molecule has 5 nitrogen and oxygen atoms in total. The summed E-state index contributed by atoms with van der Waals surface area (Å²) >= 11 is 0. The van der Waals surface area contributed by atoms with Gasteiger partial charge in [0, 0.05) is 29.2 Å². The molecule has 0 unspecified atom stereocenters. The van der Waals surface area contributed by atoms with Crippen LogP contribution in [-0.2, 0) is 16.1 Å². The molecule has 2 aromatic carbocycles. The fourth-order valence-corrected chi connectivity index (χ4v) is 3.65. The Hall–Kier alpha value is -2.92. The number of benzene rings is 2. The van der Waals surface area contributed by atoms with E-state index in [2.05, 4.69) is 0 Å². The number of rotatable bonds is 4. The van der Waals surface area contributed by atoms with Gasteiger partial charge in [-0.25, -0.2) is 0 Å². The van der Waals surface area contributed by atoms with Crippen molar-refractivity contribution in [2.24, 2.45) is 0 Å². The number of hydrogen-bond donors (Lipinski definition) is 0. The number of para-hydroxylation sites is 1. The summed E-state index contributed by atoms with van der Waals surface area (Å²) < 4.78 is 7.73. The predicted molar refractivity (Wildman–Crippen MR) is 104 cm³/mol. The first-order chi connectivity index (χ1) is 13.1. The van der Waals surface area contributed by atoms with Gasteiger partial charge in [-0.05, 0) is 18.6 Å². The Morgan fingerprint density at radius 2 is 1.81 bits per heavy atom. The number of nitrogens with zero attached hydrogens (tertiary/aromatic N) is 2. The zero-order valence-electron chi connectivity index (χ0n) is 15.3. The fourth-order valence-electron chi connectivity index (χ4n) is 3.65. The van der Waals surface area contributed by atoms with Crippen LogP contribution >= 0.6 is 0 Å². The SMILES string of the molecule is CC(=O)c1cn(CC(=O)N2CCO[C@@H](c3ccccc3)C2)c2ccccc12. The lowest BCUT2D eigenvalue weighted by Crippen LogP contribution is -2.43. The number of Topliss-reactive ketones (excluding diaryl/α,β-unsaturated/α-hetero) is 1. The summed E-state index contributed by atoms with van der Waals surface area (Å²) in [6.45, 7) is 3.43. The Kier molecular flexibility index (Phi) is 4.77. The Morgan fingerprint density at radius 1 is 1.07 bits per heavy atom. The van der Waals surface area contributed by atoms with E-state index in [-0.39, 0.29) is 24.3 Å². The van der Waals surface area contributed by atoms with Gasteiger partial charge in [0.25, 0.3) is 0 Å². The van der Waals surface area contributed by atoms with E-state index < -0.39 is 0 Å². The van der Waals surface area contributed by atoms with Crippen molar-refractivity contribution in [2.75, 3.05) is 19.7 Å². The number of ether oxygens (including phenoxy) is 1. The summed E-state index contributed by atoms with van der Waals surface area (Å²) in [6.07, 6.45) is 1.69. The van der Waals surface area contributed by atoms with Gasteiger partial charge in [-0.1, -0.05) is 48.5 Å². The molecule has 1 amide bonds. The third kappa shape index (κ3) is 3.51. The minimum Gasteiger partial charge on any atom is -0.370 e. The van der Waals surface area contributed by atoms with Gasteiger partial charge in [-0.2, -0.15) is 0 Å². The number of hydrogen-bond acceptors (Lipinski definition) is 3. The second-order valence-electron chi connectivity index (χ2n) is 6.85. The average molecular weight is 362 g/mol. The maximum absolute atomic E-state index is 12.9. The molecule has 1 aromatic heterocycles. The maximum atomic E-state index is 12.9. The van der Waals surface area contributed by atoms with Gasteiger partial charge in [-0.3, -0.25) is 9.59 Å². The van der Waals surface area contributed by atoms with Gasteiger partial charge < -0.3 is 14.2 Å². The molecule has 27 heavy (non-hydrogen) atoms. The van der Waals surface area contributed by atoms with Crippen LogP contribution in [0.15, 0.2) is 60.8 Å². The highest BCUT2D eigenvalue weighted by Gasteiger charge is 2.26. The number of ketones is 1. The van der Waals surface area contributed by atoms with Crippen molar-refractivity contribution in [1.82, 2.24) is 9.47 Å². The van der Waals surface area contributed by atoms with Crippen LogP contribution in [0.4, 0.5) is 0 Å². The number of fused-ring (bicyclic) bond motifs is 1. The van der Waals surface area contributed by atoms with Gasteiger partial charge in [0.2, 0.25) is 5.91 Å². The van der Waals surface area contributed by atoms with Crippen molar-refractivity contribution in [2.45, 2.75) is 19.6 Å². The molecule has 1 atom stereocenters. The van der Waals surface area contributed by atoms with Crippen molar-refractivity contribution >= 4 is 22.6 Å².